The number of hydrogen-bond acceptors (Lipinski definition) is 4. The van der Waals surface area contributed by atoms with Crippen LogP contribution in [0.4, 0.5) is 5.69 Å². The molecule has 3 rings (SSSR count). The molecule has 1 aromatic rings. The van der Waals surface area contributed by atoms with Gasteiger partial charge in [0.15, 0.2) is 0 Å². The number of aliphatic hydroxyl groups is 1. The van der Waals surface area contributed by atoms with Crippen LogP contribution in [0.3, 0.4) is 0 Å². The van der Waals surface area contributed by atoms with Crippen molar-refractivity contribution in [1.29, 1.82) is 0 Å². The quantitative estimate of drug-likeness (QED) is 0.861. The van der Waals surface area contributed by atoms with Crippen molar-refractivity contribution in [2.24, 2.45) is 0 Å². The second-order valence-electron chi connectivity index (χ2n) is 6.42. The molecule has 0 saturated carbocycles. The van der Waals surface area contributed by atoms with E-state index in [1.165, 1.54) is 5.56 Å². The molecule has 1 unspecified atom stereocenters. The van der Waals surface area contributed by atoms with E-state index in [1.807, 2.05) is 32.0 Å². The van der Waals surface area contributed by atoms with Crippen molar-refractivity contribution in [3.05, 3.63) is 29.3 Å². The van der Waals surface area contributed by atoms with E-state index in [9.17, 15) is 9.90 Å². The van der Waals surface area contributed by atoms with Crippen molar-refractivity contribution in [3.63, 3.8) is 0 Å². The Morgan fingerprint density at radius 2 is 2.33 bits per heavy atom. The fraction of sp³-hybridized carbons (Fsp3) is 0.562. The summed E-state index contributed by atoms with van der Waals surface area (Å²) in [7, 11) is 0. The molecule has 5 heteroatoms. The van der Waals surface area contributed by atoms with Gasteiger partial charge in [-0.25, -0.2) is 0 Å². The van der Waals surface area contributed by atoms with Crippen LogP contribution in [0.25, 0.3) is 0 Å². The largest absolute Gasteiger partial charge is 0.394 e. The number of hydrogen-bond donors (Lipinski definition) is 2. The highest BCUT2D eigenvalue weighted by Crippen LogP contribution is 2.26. The average Bonchev–Trinajstić information content (AvgIpc) is 2.92. The third-order valence-corrected chi connectivity index (χ3v) is 4.03. The number of nitrogens with one attached hydrogen (secondary N) is 1. The molecule has 0 aliphatic carbocycles. The Labute approximate surface area is 124 Å². The van der Waals surface area contributed by atoms with E-state index in [2.05, 4.69) is 5.32 Å². The molecule has 1 saturated heterocycles. The average molecular weight is 290 g/mol. The molecule has 114 valence electrons. The summed E-state index contributed by atoms with van der Waals surface area (Å²) < 4.78 is 5.76. The zero-order valence-electron chi connectivity index (χ0n) is 12.6. The Morgan fingerprint density at radius 3 is 3.10 bits per heavy atom. The number of nitrogens with zero attached hydrogens (tertiary/aromatic N) is 1. The highest BCUT2D eigenvalue weighted by atomic mass is 16.5. The molecule has 1 atom stereocenters. The summed E-state index contributed by atoms with van der Waals surface area (Å²) in [5, 5.41) is 12.6. The van der Waals surface area contributed by atoms with Crippen LogP contribution in [0.2, 0.25) is 0 Å². The van der Waals surface area contributed by atoms with Crippen LogP contribution in [0, 0.1) is 0 Å². The number of rotatable bonds is 2. The fourth-order valence-corrected chi connectivity index (χ4v) is 3.17. The minimum absolute atomic E-state index is 0.0134. The zero-order valence-corrected chi connectivity index (χ0v) is 12.6. The van der Waals surface area contributed by atoms with Crippen molar-refractivity contribution < 1.29 is 14.6 Å². The zero-order chi connectivity index (χ0) is 15.0. The third kappa shape index (κ3) is 2.89. The topological polar surface area (TPSA) is 61.8 Å². The van der Waals surface area contributed by atoms with Gasteiger partial charge in [-0.05, 0) is 44.0 Å². The van der Waals surface area contributed by atoms with Crippen molar-refractivity contribution >= 4 is 11.6 Å². The van der Waals surface area contributed by atoms with Gasteiger partial charge in [-0.2, -0.15) is 0 Å². The highest BCUT2D eigenvalue weighted by Gasteiger charge is 2.35. The minimum Gasteiger partial charge on any atom is -0.394 e. The molecular weight excluding hydrogens is 268 g/mol. The van der Waals surface area contributed by atoms with Gasteiger partial charge in [0.25, 0.3) is 5.91 Å². The lowest BCUT2D eigenvalue weighted by molar-refractivity contribution is -0.139. The monoisotopic (exact) mass is 290 g/mol. The highest BCUT2D eigenvalue weighted by molar-refractivity contribution is 5.95. The smallest absolute Gasteiger partial charge is 0.254 e. The molecule has 21 heavy (non-hydrogen) atoms. The van der Waals surface area contributed by atoms with Gasteiger partial charge in [0.1, 0.15) is 0 Å². The van der Waals surface area contributed by atoms with Crippen LogP contribution >= 0.6 is 0 Å². The Balaban J connectivity index is 1.81. The summed E-state index contributed by atoms with van der Waals surface area (Å²) >= 11 is 0. The first-order chi connectivity index (χ1) is 9.98. The third-order valence-electron chi connectivity index (χ3n) is 4.03. The Morgan fingerprint density at radius 1 is 1.52 bits per heavy atom. The van der Waals surface area contributed by atoms with E-state index in [-0.39, 0.29) is 18.6 Å². The molecule has 0 spiro atoms. The van der Waals surface area contributed by atoms with Gasteiger partial charge in [-0.15, -0.1) is 0 Å². The van der Waals surface area contributed by atoms with Gasteiger partial charge in [-0.3, -0.25) is 4.79 Å². The molecule has 2 aliphatic heterocycles. The summed E-state index contributed by atoms with van der Waals surface area (Å²) in [5.41, 5.74) is 2.61. The van der Waals surface area contributed by atoms with Gasteiger partial charge in [-0.1, -0.05) is 0 Å². The summed E-state index contributed by atoms with van der Waals surface area (Å²) in [6, 6.07) is 5.83. The normalized spacial score (nSPS) is 23.6. The molecule has 5 nitrogen and oxygen atoms in total. The number of fused-ring (bicyclic) bond motifs is 1. The molecule has 0 radical (unpaired) electrons. The van der Waals surface area contributed by atoms with Gasteiger partial charge >= 0.3 is 0 Å². The van der Waals surface area contributed by atoms with Crippen molar-refractivity contribution in [3.8, 4) is 0 Å². The molecule has 1 aromatic carbocycles. The van der Waals surface area contributed by atoms with E-state index in [4.69, 9.17) is 4.74 Å². The summed E-state index contributed by atoms with van der Waals surface area (Å²) in [5.74, 6) is 0.0134. The lowest BCUT2D eigenvalue weighted by Crippen LogP contribution is -2.55. The van der Waals surface area contributed by atoms with Crippen LogP contribution in [0.5, 0.6) is 0 Å². The maximum Gasteiger partial charge on any atom is 0.254 e. The molecule has 1 fully saturated rings. The van der Waals surface area contributed by atoms with E-state index in [0.29, 0.717) is 18.7 Å². The maximum atomic E-state index is 12.7. The first kappa shape index (κ1) is 14.4. The Bertz CT molecular complexity index is 556. The number of anilines is 1. The lowest BCUT2D eigenvalue weighted by Gasteiger charge is -2.42. The second kappa shape index (κ2) is 5.31. The molecule has 2 heterocycles. The standard InChI is InChI=1S/C16H22N2O3/c1-16(2)10-18(8-13(9-19)21-16)15(20)12-3-4-14-11(7-12)5-6-17-14/h3-4,7,13,17,19H,5-6,8-10H2,1-2H3. The Kier molecular flexibility index (Phi) is 3.63. The molecule has 1 amide bonds. The Hall–Kier alpha value is -1.59. The SMILES string of the molecule is CC1(C)CN(C(=O)c2ccc3c(c2)CCN3)CC(CO)O1. The van der Waals surface area contributed by atoms with E-state index in [1.54, 1.807) is 4.90 Å². The number of ether oxygens (including phenoxy) is 1. The summed E-state index contributed by atoms with van der Waals surface area (Å²) in [6.45, 7) is 5.74. The van der Waals surface area contributed by atoms with Crippen LogP contribution in [0.15, 0.2) is 18.2 Å². The predicted molar refractivity (Wildman–Crippen MR) is 80.6 cm³/mol. The minimum atomic E-state index is -0.431. The molecular formula is C16H22N2O3. The lowest BCUT2D eigenvalue weighted by atomic mass is 10.0. The molecule has 0 aromatic heterocycles. The first-order valence-corrected chi connectivity index (χ1v) is 7.43. The van der Waals surface area contributed by atoms with Crippen LogP contribution in [-0.4, -0.2) is 53.9 Å². The molecule has 0 bridgehead atoms. The van der Waals surface area contributed by atoms with Crippen LogP contribution in [0.1, 0.15) is 29.8 Å². The number of aliphatic hydroxyl groups excluding tert-OH is 1. The first-order valence-electron chi connectivity index (χ1n) is 7.43. The summed E-state index contributed by atoms with van der Waals surface area (Å²) in [4.78, 5) is 14.5. The van der Waals surface area contributed by atoms with Gasteiger partial charge in [0.05, 0.1) is 18.3 Å². The van der Waals surface area contributed by atoms with Crippen molar-refractivity contribution in [2.45, 2.75) is 32.0 Å². The fourth-order valence-electron chi connectivity index (χ4n) is 3.17. The molecule has 2 aliphatic rings. The van der Waals surface area contributed by atoms with Crippen LogP contribution in [-0.2, 0) is 11.2 Å². The number of morpholine rings is 1. The predicted octanol–water partition coefficient (Wildman–Crippen LogP) is 1.27. The van der Waals surface area contributed by atoms with E-state index >= 15 is 0 Å². The van der Waals surface area contributed by atoms with Gasteiger partial charge < -0.3 is 20.1 Å². The van der Waals surface area contributed by atoms with E-state index < -0.39 is 5.60 Å². The molecule has 2 N–H and O–H groups in total. The van der Waals surface area contributed by atoms with Crippen LogP contribution < -0.4 is 5.32 Å². The van der Waals surface area contributed by atoms with Gasteiger partial charge in [0.2, 0.25) is 0 Å². The number of benzene rings is 1. The second-order valence-corrected chi connectivity index (χ2v) is 6.42. The number of carbonyl (C=O) groups excluding carboxylic acids is 1. The maximum absolute atomic E-state index is 12.7. The summed E-state index contributed by atoms with van der Waals surface area (Å²) in [6.07, 6.45) is 0.651. The van der Waals surface area contributed by atoms with Gasteiger partial charge in [0, 0.05) is 30.9 Å². The number of carbonyl (C=O) groups is 1. The number of amides is 1. The van der Waals surface area contributed by atoms with Crippen molar-refractivity contribution in [2.75, 3.05) is 31.6 Å². The van der Waals surface area contributed by atoms with E-state index in [0.717, 1.165) is 18.7 Å². The van der Waals surface area contributed by atoms with Crippen molar-refractivity contribution in [1.82, 2.24) is 4.90 Å².